The number of likely N-dealkylation sites (N-methyl/N-ethyl adjacent to an activating group) is 3. The number of rotatable bonds is 16. The molecule has 1 saturated heterocycles. The maximum absolute atomic E-state index is 13.2. The van der Waals surface area contributed by atoms with Crippen LogP contribution in [0.1, 0.15) is 6.23 Å². The second kappa shape index (κ2) is 15.6. The summed E-state index contributed by atoms with van der Waals surface area (Å²) in [6.07, 6.45) is -14.4. The number of hydrogen-bond acceptors (Lipinski definition) is 15. The Hall–Kier alpha value is -2.82. The Morgan fingerprint density at radius 1 is 1.21 bits per heavy atom. The predicted molar refractivity (Wildman–Crippen MR) is 141 cm³/mol. The quantitative estimate of drug-likeness (QED) is 0.0780. The molecule has 11 N–H and O–H groups in total. The van der Waals surface area contributed by atoms with E-state index in [2.05, 4.69) is 10.6 Å². The van der Waals surface area contributed by atoms with Crippen molar-refractivity contribution in [3.63, 3.8) is 0 Å². The van der Waals surface area contributed by atoms with Gasteiger partial charge in [0.15, 0.2) is 12.5 Å². The van der Waals surface area contributed by atoms with Crippen molar-refractivity contribution in [1.82, 2.24) is 25.1 Å². The average Bonchev–Trinajstić information content (AvgIpc) is 3.22. The minimum Gasteiger partial charge on any atom is -0.480 e. The number of carbonyl (C=O) groups is 2. The second-order valence-corrected chi connectivity index (χ2v) is 9.65. The summed E-state index contributed by atoms with van der Waals surface area (Å²) >= 11 is 0. The van der Waals surface area contributed by atoms with Gasteiger partial charge in [0.05, 0.1) is 6.10 Å². The zero-order chi connectivity index (χ0) is 31.9. The summed E-state index contributed by atoms with van der Waals surface area (Å²) in [6, 6.07) is -2.08. The zero-order valence-corrected chi connectivity index (χ0v) is 23.4. The van der Waals surface area contributed by atoms with Gasteiger partial charge >= 0.3 is 11.7 Å². The zero-order valence-electron chi connectivity index (χ0n) is 23.4. The Morgan fingerprint density at radius 2 is 1.86 bits per heavy atom. The van der Waals surface area contributed by atoms with Gasteiger partial charge in [-0.1, -0.05) is 0 Å². The fourth-order valence-corrected chi connectivity index (χ4v) is 4.69. The van der Waals surface area contributed by atoms with Gasteiger partial charge in [-0.25, -0.2) is 4.79 Å². The van der Waals surface area contributed by atoms with E-state index in [1.54, 1.807) is 0 Å². The number of aliphatic carboxylic acids is 1. The molecule has 1 fully saturated rings. The van der Waals surface area contributed by atoms with Crippen LogP contribution in [0.5, 0.6) is 0 Å². The highest BCUT2D eigenvalue weighted by molar-refractivity contribution is 5.82. The summed E-state index contributed by atoms with van der Waals surface area (Å²) in [5.41, 5.74) is 3.82. The molecule has 19 nitrogen and oxygen atoms in total. The van der Waals surface area contributed by atoms with Crippen LogP contribution in [0, 0.1) is 0 Å². The van der Waals surface area contributed by atoms with Gasteiger partial charge in [0, 0.05) is 39.5 Å². The van der Waals surface area contributed by atoms with Crippen molar-refractivity contribution < 1.29 is 54.4 Å². The number of aromatic amines is 1. The van der Waals surface area contributed by atoms with Crippen LogP contribution in [-0.4, -0.2) is 159 Å². The van der Waals surface area contributed by atoms with Gasteiger partial charge in [-0.05, 0) is 14.1 Å². The van der Waals surface area contributed by atoms with Gasteiger partial charge in [0.2, 0.25) is 5.91 Å². The minimum atomic E-state index is -2.12. The summed E-state index contributed by atoms with van der Waals surface area (Å²) in [5, 5.41) is 67.9. The Labute approximate surface area is 239 Å². The molecule has 2 heterocycles. The molecule has 42 heavy (non-hydrogen) atoms. The summed E-state index contributed by atoms with van der Waals surface area (Å²) in [5.74, 6) is -2.22. The molecule has 0 aliphatic carbocycles. The Balaban J connectivity index is 2.57. The smallest absolute Gasteiger partial charge is 0.330 e. The number of nitrogens with two attached hydrogens (primary N) is 1. The highest BCUT2D eigenvalue weighted by Crippen LogP contribution is 2.33. The number of nitrogens with zero attached hydrogens (tertiary/aromatic N) is 2. The van der Waals surface area contributed by atoms with E-state index in [1.807, 2.05) is 4.98 Å². The van der Waals surface area contributed by atoms with Crippen molar-refractivity contribution in [3.8, 4) is 0 Å². The third-order valence-electron chi connectivity index (χ3n) is 6.97. The van der Waals surface area contributed by atoms with Gasteiger partial charge in [0.25, 0.3) is 5.56 Å². The lowest BCUT2D eigenvalue weighted by Crippen LogP contribution is -2.62. The molecule has 11 atom stereocenters. The van der Waals surface area contributed by atoms with Gasteiger partial charge in [-0.3, -0.25) is 28.8 Å². The predicted octanol–water partition coefficient (Wildman–Crippen LogP) is -6.73. The Morgan fingerprint density at radius 3 is 2.36 bits per heavy atom. The van der Waals surface area contributed by atoms with E-state index in [1.165, 1.54) is 28.3 Å². The minimum absolute atomic E-state index is 0.257. The summed E-state index contributed by atoms with van der Waals surface area (Å²) in [6.45, 7) is -0.737. The maximum Gasteiger partial charge on any atom is 0.330 e. The summed E-state index contributed by atoms with van der Waals surface area (Å²) in [7, 11) is 5.06. The van der Waals surface area contributed by atoms with Crippen LogP contribution in [0.4, 0.5) is 0 Å². The summed E-state index contributed by atoms with van der Waals surface area (Å²) in [4.78, 5) is 51.8. The van der Waals surface area contributed by atoms with Crippen molar-refractivity contribution in [1.29, 1.82) is 0 Å². The van der Waals surface area contributed by atoms with Crippen LogP contribution < -0.4 is 27.6 Å². The lowest BCUT2D eigenvalue weighted by molar-refractivity contribution is -0.245. The van der Waals surface area contributed by atoms with Gasteiger partial charge in [0.1, 0.15) is 48.7 Å². The van der Waals surface area contributed by atoms with Crippen molar-refractivity contribution in [2.24, 2.45) is 5.73 Å². The van der Waals surface area contributed by atoms with E-state index in [9.17, 15) is 49.8 Å². The first-order chi connectivity index (χ1) is 19.7. The standard InChI is InChI=1S/C23H40N6O13/c1-25-12(21(36)37)9(30)8-28(3)13(19(35)26-2)17(42-22(38)14(32)10(7-24)40-4)18-15(33)16(34)20(41-18)29-6-5-11(31)27-23(29)39/h5-6,9-10,12-18,20,22,25,30,32-34,38H,7-8,24H2,1-4H3,(H,26,35)(H,36,37)(H,27,31,39)/t9-,10?,12-,13-,14?,15?,16?,17-,18?,20?,22?/m0/s1. The number of H-pyrrole nitrogens is 1. The first-order valence-corrected chi connectivity index (χ1v) is 12.8. The number of ether oxygens (including phenoxy) is 3. The number of aromatic nitrogens is 2. The van der Waals surface area contributed by atoms with Gasteiger partial charge < -0.3 is 61.2 Å². The number of carboxylic acid groups (broad SMARTS) is 1. The fraction of sp³-hybridized carbons (Fsp3) is 0.739. The van der Waals surface area contributed by atoms with Crippen molar-refractivity contribution >= 4 is 11.9 Å². The molecule has 1 aliphatic heterocycles. The van der Waals surface area contributed by atoms with E-state index in [-0.39, 0.29) is 6.54 Å². The molecule has 1 aliphatic rings. The van der Waals surface area contributed by atoms with E-state index in [0.29, 0.717) is 0 Å². The van der Waals surface area contributed by atoms with E-state index in [0.717, 1.165) is 21.7 Å². The van der Waals surface area contributed by atoms with Crippen LogP contribution in [-0.2, 0) is 23.8 Å². The number of carbonyl (C=O) groups excluding carboxylic acids is 1. The van der Waals surface area contributed by atoms with E-state index < -0.39 is 97.0 Å². The van der Waals surface area contributed by atoms with Crippen LogP contribution in [0.15, 0.2) is 21.9 Å². The highest BCUT2D eigenvalue weighted by Gasteiger charge is 2.53. The fourth-order valence-electron chi connectivity index (χ4n) is 4.69. The number of hydrogen-bond donors (Lipinski definition) is 10. The normalized spacial score (nSPS) is 25.8. The number of aliphatic hydroxyl groups excluding tert-OH is 5. The molecule has 0 bridgehead atoms. The van der Waals surface area contributed by atoms with Crippen molar-refractivity contribution in [2.45, 2.75) is 67.3 Å². The second-order valence-electron chi connectivity index (χ2n) is 9.65. The number of carboxylic acids is 1. The highest BCUT2D eigenvalue weighted by atomic mass is 16.6. The van der Waals surface area contributed by atoms with Crippen molar-refractivity contribution in [2.75, 3.05) is 41.3 Å². The lowest BCUT2D eigenvalue weighted by Gasteiger charge is -2.39. The topological polar surface area (TPSA) is 291 Å². The molecular weight excluding hydrogens is 568 g/mol. The largest absolute Gasteiger partial charge is 0.480 e. The van der Waals surface area contributed by atoms with E-state index >= 15 is 0 Å². The molecule has 1 amide bonds. The molecule has 1 aromatic heterocycles. The molecule has 0 aromatic carbocycles. The molecule has 240 valence electrons. The first kappa shape index (κ1) is 35.4. The number of aliphatic hydroxyl groups is 5. The molecule has 19 heteroatoms. The Bertz CT molecular complexity index is 1150. The third kappa shape index (κ3) is 7.96. The Kier molecular flexibility index (Phi) is 13.1. The molecule has 0 radical (unpaired) electrons. The number of methoxy groups -OCH3 is 1. The molecule has 1 aromatic rings. The van der Waals surface area contributed by atoms with Crippen LogP contribution >= 0.6 is 0 Å². The molecule has 2 rings (SSSR count). The lowest BCUT2D eigenvalue weighted by atomic mass is 9.96. The monoisotopic (exact) mass is 608 g/mol. The maximum atomic E-state index is 13.2. The molecule has 0 spiro atoms. The third-order valence-corrected chi connectivity index (χ3v) is 6.97. The molecular formula is C23H40N6O13. The van der Waals surface area contributed by atoms with Gasteiger partial charge in [-0.15, -0.1) is 0 Å². The SMILES string of the molecule is CNC(=O)[C@H]([C@H](OC(O)C(O)C(CN)OC)C1OC(n2ccc(=O)[nH]c2=O)C(O)C1O)N(C)C[C@H](O)[C@H](NC)C(=O)O. The molecule has 0 saturated carbocycles. The van der Waals surface area contributed by atoms with Gasteiger partial charge in [-0.2, -0.15) is 0 Å². The van der Waals surface area contributed by atoms with Crippen molar-refractivity contribution in [3.05, 3.63) is 33.1 Å². The van der Waals surface area contributed by atoms with Crippen LogP contribution in [0.3, 0.4) is 0 Å². The number of nitrogens with one attached hydrogen (secondary N) is 3. The summed E-state index contributed by atoms with van der Waals surface area (Å²) < 4.78 is 17.3. The first-order valence-electron chi connectivity index (χ1n) is 12.8. The average molecular weight is 609 g/mol. The van der Waals surface area contributed by atoms with Crippen LogP contribution in [0.2, 0.25) is 0 Å². The van der Waals surface area contributed by atoms with Crippen LogP contribution in [0.25, 0.3) is 0 Å². The van der Waals surface area contributed by atoms with E-state index in [4.69, 9.17) is 19.9 Å². The number of amides is 1. The molecule has 7 unspecified atom stereocenters.